The van der Waals surface area contributed by atoms with Crippen LogP contribution in [0, 0.1) is 0 Å². The number of carbonyl (C=O) groups excluding carboxylic acids is 2. The van der Waals surface area contributed by atoms with Gasteiger partial charge in [0, 0.05) is 23.5 Å². The normalized spacial score (nSPS) is 14.1. The summed E-state index contributed by atoms with van der Waals surface area (Å²) in [5.74, 6) is -0.780. The molecule has 0 aromatic heterocycles. The quantitative estimate of drug-likeness (QED) is 0.187. The second-order valence-corrected chi connectivity index (χ2v) is 13.5. The van der Waals surface area contributed by atoms with E-state index in [1.165, 1.54) is 0 Å². The molecule has 0 saturated carbocycles. The highest BCUT2D eigenvalue weighted by atomic mass is 32.2. The Bertz CT molecular complexity index is 1670. The van der Waals surface area contributed by atoms with Gasteiger partial charge in [0.15, 0.2) is 0 Å². The molecule has 228 valence electrons. The van der Waals surface area contributed by atoms with Crippen molar-refractivity contribution in [2.24, 2.45) is 0 Å². The van der Waals surface area contributed by atoms with Crippen molar-refractivity contribution in [1.82, 2.24) is 5.32 Å². The van der Waals surface area contributed by atoms with Crippen LogP contribution in [0.3, 0.4) is 0 Å². The molecular weight excluding hydrogens is 591 g/mol. The van der Waals surface area contributed by atoms with Crippen LogP contribution in [-0.4, -0.2) is 52.8 Å². The zero-order chi connectivity index (χ0) is 31.2. The highest BCUT2D eigenvalue weighted by Gasteiger charge is 2.33. The summed E-state index contributed by atoms with van der Waals surface area (Å²) in [7, 11) is -7.37. The lowest BCUT2D eigenvalue weighted by Gasteiger charge is -2.22. The summed E-state index contributed by atoms with van der Waals surface area (Å²) in [6.07, 6.45) is 1.04. The standard InChI is InChI=1S/C30H35N4O7PS/c1-5-31-27(35)20-34(43(4,38)39)23-15-13-22(14-16-23)32-29(21-11-9-8-10-12-21)28-25-19-24(17-18-26(25)33-30(28)36)42(37,40-6-2)41-7-3/h8-19,32H,5-7,20H2,1-4H3,(H,31,35)(H,33,36)/b29-28-. The van der Waals surface area contributed by atoms with E-state index in [1.54, 1.807) is 63.2 Å². The zero-order valence-electron chi connectivity index (χ0n) is 24.4. The second-order valence-electron chi connectivity index (χ2n) is 9.53. The van der Waals surface area contributed by atoms with E-state index in [4.69, 9.17) is 9.05 Å². The van der Waals surface area contributed by atoms with E-state index in [1.807, 2.05) is 30.3 Å². The van der Waals surface area contributed by atoms with Crippen LogP contribution in [0.15, 0.2) is 72.8 Å². The van der Waals surface area contributed by atoms with Crippen LogP contribution in [0.5, 0.6) is 0 Å². The number of sulfonamides is 1. The molecule has 0 saturated heterocycles. The molecule has 1 aliphatic heterocycles. The molecule has 13 heteroatoms. The number of benzene rings is 3. The molecule has 3 aromatic rings. The first-order valence-corrected chi connectivity index (χ1v) is 17.2. The minimum Gasteiger partial charge on any atom is -0.355 e. The number of carbonyl (C=O) groups is 2. The Morgan fingerprint density at radius 2 is 1.60 bits per heavy atom. The number of likely N-dealkylation sites (N-methyl/N-ethyl adjacent to an activating group) is 1. The van der Waals surface area contributed by atoms with Crippen LogP contribution in [0.1, 0.15) is 31.9 Å². The molecule has 2 amide bonds. The molecule has 43 heavy (non-hydrogen) atoms. The fourth-order valence-corrected chi connectivity index (χ4v) is 7.08. The molecule has 3 aromatic carbocycles. The highest BCUT2D eigenvalue weighted by Crippen LogP contribution is 2.48. The van der Waals surface area contributed by atoms with Crippen LogP contribution >= 0.6 is 7.60 Å². The lowest BCUT2D eigenvalue weighted by atomic mass is 10.00. The number of fused-ring (bicyclic) bond motifs is 1. The van der Waals surface area contributed by atoms with E-state index < -0.39 is 23.5 Å². The van der Waals surface area contributed by atoms with E-state index in [-0.39, 0.29) is 25.7 Å². The van der Waals surface area contributed by atoms with E-state index in [0.717, 1.165) is 10.6 Å². The molecule has 1 heterocycles. The minimum absolute atomic E-state index is 0.182. The average Bonchev–Trinajstić information content (AvgIpc) is 3.30. The molecule has 0 spiro atoms. The lowest BCUT2D eigenvalue weighted by Crippen LogP contribution is -2.40. The van der Waals surface area contributed by atoms with Gasteiger partial charge in [-0.25, -0.2) is 8.42 Å². The summed E-state index contributed by atoms with van der Waals surface area (Å²) in [5.41, 5.74) is 3.45. The number of hydrogen-bond donors (Lipinski definition) is 3. The van der Waals surface area contributed by atoms with Crippen molar-refractivity contribution in [1.29, 1.82) is 0 Å². The Morgan fingerprint density at radius 1 is 0.953 bits per heavy atom. The Labute approximate surface area is 251 Å². The predicted molar refractivity (Wildman–Crippen MR) is 170 cm³/mol. The maximum Gasteiger partial charge on any atom is 0.361 e. The molecule has 0 fully saturated rings. The second kappa shape index (κ2) is 13.6. The maximum absolute atomic E-state index is 13.5. The third-order valence-corrected chi connectivity index (χ3v) is 9.71. The Kier molecular flexibility index (Phi) is 10.1. The summed E-state index contributed by atoms with van der Waals surface area (Å²) in [6.45, 7) is 5.60. The van der Waals surface area contributed by atoms with Crippen molar-refractivity contribution >= 4 is 63.1 Å². The Hall–Kier alpha value is -3.96. The topological polar surface area (TPSA) is 143 Å². The number of rotatable bonds is 13. The minimum atomic E-state index is -3.74. The van der Waals surface area contributed by atoms with Gasteiger partial charge in [0.25, 0.3) is 5.91 Å². The van der Waals surface area contributed by atoms with Gasteiger partial charge in [0.2, 0.25) is 15.9 Å². The molecule has 4 rings (SSSR count). The first kappa shape index (κ1) is 32.0. The largest absolute Gasteiger partial charge is 0.361 e. The van der Waals surface area contributed by atoms with Gasteiger partial charge in [-0.1, -0.05) is 30.3 Å². The molecule has 0 bridgehead atoms. The average molecular weight is 627 g/mol. The first-order chi connectivity index (χ1) is 20.5. The van der Waals surface area contributed by atoms with Crippen LogP contribution in [0.25, 0.3) is 11.3 Å². The molecule has 0 radical (unpaired) electrons. The third kappa shape index (κ3) is 7.34. The molecular formula is C30H35N4O7PS. The number of anilines is 3. The fourth-order valence-electron chi connectivity index (χ4n) is 4.62. The lowest BCUT2D eigenvalue weighted by molar-refractivity contribution is -0.119. The summed E-state index contributed by atoms with van der Waals surface area (Å²) in [4.78, 5) is 25.6. The smallest absolute Gasteiger partial charge is 0.355 e. The van der Waals surface area contributed by atoms with Crippen LogP contribution < -0.4 is 25.6 Å². The fraction of sp³-hybridized carbons (Fsp3) is 0.267. The van der Waals surface area contributed by atoms with Gasteiger partial charge < -0.3 is 25.0 Å². The SMILES string of the molecule is CCNC(=O)CN(c1ccc(N/C(=C2\C(=O)Nc3ccc(P(=O)(OCC)OCC)cc32)c2ccccc2)cc1)S(C)(=O)=O. The van der Waals surface area contributed by atoms with Crippen LogP contribution in [-0.2, 0) is 33.2 Å². The van der Waals surface area contributed by atoms with Crippen molar-refractivity contribution in [2.45, 2.75) is 20.8 Å². The monoisotopic (exact) mass is 626 g/mol. The van der Waals surface area contributed by atoms with Gasteiger partial charge in [-0.3, -0.25) is 18.5 Å². The van der Waals surface area contributed by atoms with Crippen molar-refractivity contribution in [3.05, 3.63) is 83.9 Å². The van der Waals surface area contributed by atoms with E-state index in [9.17, 15) is 22.6 Å². The molecule has 0 aliphatic carbocycles. The maximum atomic E-state index is 13.5. The molecule has 1 aliphatic rings. The van der Waals surface area contributed by atoms with Gasteiger partial charge in [-0.15, -0.1) is 0 Å². The molecule has 11 nitrogen and oxygen atoms in total. The first-order valence-electron chi connectivity index (χ1n) is 13.8. The van der Waals surface area contributed by atoms with E-state index in [0.29, 0.717) is 51.3 Å². The van der Waals surface area contributed by atoms with Crippen molar-refractivity contribution in [3.63, 3.8) is 0 Å². The third-order valence-electron chi connectivity index (χ3n) is 6.46. The Morgan fingerprint density at radius 3 is 2.19 bits per heavy atom. The van der Waals surface area contributed by atoms with Crippen molar-refractivity contribution < 1.29 is 31.6 Å². The van der Waals surface area contributed by atoms with Gasteiger partial charge in [-0.05, 0) is 68.8 Å². The van der Waals surface area contributed by atoms with Crippen LogP contribution in [0.4, 0.5) is 17.1 Å². The van der Waals surface area contributed by atoms with Gasteiger partial charge in [0.05, 0.1) is 41.7 Å². The van der Waals surface area contributed by atoms with Crippen LogP contribution in [0.2, 0.25) is 0 Å². The Balaban J connectivity index is 1.78. The number of amides is 2. The summed E-state index contributed by atoms with van der Waals surface area (Å²) >= 11 is 0. The highest BCUT2D eigenvalue weighted by molar-refractivity contribution is 7.92. The van der Waals surface area contributed by atoms with Gasteiger partial charge >= 0.3 is 7.60 Å². The molecule has 3 N–H and O–H groups in total. The number of nitrogens with zero attached hydrogens (tertiary/aromatic N) is 1. The van der Waals surface area contributed by atoms with Crippen molar-refractivity contribution in [3.8, 4) is 0 Å². The van der Waals surface area contributed by atoms with Gasteiger partial charge in [-0.2, -0.15) is 0 Å². The van der Waals surface area contributed by atoms with Crippen molar-refractivity contribution in [2.75, 3.05) is 47.5 Å². The summed E-state index contributed by atoms with van der Waals surface area (Å²) < 4.78 is 50.6. The molecule has 0 atom stereocenters. The summed E-state index contributed by atoms with van der Waals surface area (Å²) in [6, 6.07) is 20.7. The van der Waals surface area contributed by atoms with E-state index in [2.05, 4.69) is 16.0 Å². The van der Waals surface area contributed by atoms with Gasteiger partial charge in [0.1, 0.15) is 6.54 Å². The molecule has 0 unspecified atom stereocenters. The predicted octanol–water partition coefficient (Wildman–Crippen LogP) is 4.41. The number of hydrogen-bond acceptors (Lipinski definition) is 8. The summed E-state index contributed by atoms with van der Waals surface area (Å²) in [5, 5.41) is 9.14. The van der Waals surface area contributed by atoms with E-state index >= 15 is 0 Å². The number of nitrogens with one attached hydrogen (secondary N) is 3. The zero-order valence-corrected chi connectivity index (χ0v) is 26.1.